The summed E-state index contributed by atoms with van der Waals surface area (Å²) in [5.41, 5.74) is 1.71. The van der Waals surface area contributed by atoms with E-state index in [2.05, 4.69) is 39.7 Å². The summed E-state index contributed by atoms with van der Waals surface area (Å²) >= 11 is 0. The molecule has 0 radical (unpaired) electrons. The number of benzene rings is 1. The molecule has 6 heteroatoms. The van der Waals surface area contributed by atoms with Crippen molar-refractivity contribution in [2.45, 2.75) is 25.8 Å². The predicted molar refractivity (Wildman–Crippen MR) is 86.2 cm³/mol. The van der Waals surface area contributed by atoms with Crippen molar-refractivity contribution in [3.63, 3.8) is 0 Å². The molecule has 0 aliphatic rings. The van der Waals surface area contributed by atoms with Crippen LogP contribution in [0.25, 0.3) is 0 Å². The van der Waals surface area contributed by atoms with Crippen molar-refractivity contribution >= 4 is 5.96 Å². The van der Waals surface area contributed by atoms with Gasteiger partial charge in [-0.15, -0.1) is 0 Å². The molecule has 118 valence electrons. The van der Waals surface area contributed by atoms with E-state index in [-0.39, 0.29) is 11.2 Å². The molecule has 1 aromatic carbocycles. The third kappa shape index (κ3) is 4.31. The predicted octanol–water partition coefficient (Wildman–Crippen LogP) is 2.19. The van der Waals surface area contributed by atoms with Crippen LogP contribution in [0.3, 0.4) is 0 Å². The molecule has 2 aromatic rings. The van der Waals surface area contributed by atoms with Gasteiger partial charge in [0.15, 0.2) is 5.96 Å². The van der Waals surface area contributed by atoms with Crippen molar-refractivity contribution in [3.05, 3.63) is 53.6 Å². The van der Waals surface area contributed by atoms with Gasteiger partial charge < -0.3 is 10.6 Å². The first-order valence-corrected chi connectivity index (χ1v) is 7.20. The van der Waals surface area contributed by atoms with Crippen LogP contribution in [0.15, 0.2) is 41.5 Å². The van der Waals surface area contributed by atoms with Gasteiger partial charge in [-0.05, 0) is 23.8 Å². The molecule has 2 rings (SSSR count). The molecule has 3 N–H and O–H groups in total. The third-order valence-electron chi connectivity index (χ3n) is 3.53. The number of aromatic amines is 1. The first-order chi connectivity index (χ1) is 10.5. The number of halogens is 1. The molecule has 0 bridgehead atoms. The number of aromatic nitrogens is 2. The van der Waals surface area contributed by atoms with Gasteiger partial charge in [0.2, 0.25) is 0 Å². The van der Waals surface area contributed by atoms with Gasteiger partial charge in [0.05, 0.1) is 12.2 Å². The summed E-state index contributed by atoms with van der Waals surface area (Å²) in [7, 11) is 1.72. The first kappa shape index (κ1) is 16.0. The number of rotatable bonds is 5. The van der Waals surface area contributed by atoms with Gasteiger partial charge >= 0.3 is 0 Å². The van der Waals surface area contributed by atoms with Crippen LogP contribution in [-0.4, -0.2) is 29.7 Å². The quantitative estimate of drug-likeness (QED) is 0.586. The van der Waals surface area contributed by atoms with E-state index in [0.29, 0.717) is 19.0 Å². The van der Waals surface area contributed by atoms with Crippen molar-refractivity contribution in [2.75, 3.05) is 13.6 Å². The minimum absolute atomic E-state index is 0.215. The second-order valence-electron chi connectivity index (χ2n) is 5.76. The molecule has 0 atom stereocenters. The first-order valence-electron chi connectivity index (χ1n) is 7.20. The van der Waals surface area contributed by atoms with Gasteiger partial charge in [-0.3, -0.25) is 10.1 Å². The number of H-pyrrole nitrogens is 1. The number of hydrogen-bond acceptors (Lipinski definition) is 2. The lowest BCUT2D eigenvalue weighted by Crippen LogP contribution is -2.43. The lowest BCUT2D eigenvalue weighted by atomic mass is 9.84. The monoisotopic (exact) mass is 303 g/mol. The molecule has 0 unspecified atom stereocenters. The van der Waals surface area contributed by atoms with E-state index in [4.69, 9.17) is 0 Å². The molecular weight excluding hydrogens is 281 g/mol. The summed E-state index contributed by atoms with van der Waals surface area (Å²) in [6.07, 6.45) is 1.71. The summed E-state index contributed by atoms with van der Waals surface area (Å²) in [5.74, 6) is 0.478. The second-order valence-corrected chi connectivity index (χ2v) is 5.76. The summed E-state index contributed by atoms with van der Waals surface area (Å²) < 4.78 is 13.4. The van der Waals surface area contributed by atoms with Crippen LogP contribution in [0.4, 0.5) is 4.39 Å². The lowest BCUT2D eigenvalue weighted by molar-refractivity contribution is 0.503. The van der Waals surface area contributed by atoms with Gasteiger partial charge in [0.1, 0.15) is 5.82 Å². The Morgan fingerprint density at radius 2 is 2.14 bits per heavy atom. The zero-order valence-electron chi connectivity index (χ0n) is 13.2. The summed E-state index contributed by atoms with van der Waals surface area (Å²) in [4.78, 5) is 4.19. The summed E-state index contributed by atoms with van der Waals surface area (Å²) in [5, 5.41) is 13.3. The number of aliphatic imine (C=N–C) groups is 1. The molecule has 0 saturated carbocycles. The molecule has 0 saturated heterocycles. The van der Waals surface area contributed by atoms with Crippen molar-refractivity contribution in [2.24, 2.45) is 4.99 Å². The number of nitrogens with one attached hydrogen (secondary N) is 3. The van der Waals surface area contributed by atoms with Crippen molar-refractivity contribution in [3.8, 4) is 0 Å². The van der Waals surface area contributed by atoms with Crippen LogP contribution in [0.2, 0.25) is 0 Å². The molecule has 22 heavy (non-hydrogen) atoms. The fraction of sp³-hybridized carbons (Fsp3) is 0.375. The third-order valence-corrected chi connectivity index (χ3v) is 3.53. The lowest BCUT2D eigenvalue weighted by Gasteiger charge is -2.26. The van der Waals surface area contributed by atoms with Crippen LogP contribution in [0, 0.1) is 5.82 Å². The van der Waals surface area contributed by atoms with Crippen LogP contribution in [-0.2, 0) is 12.0 Å². The van der Waals surface area contributed by atoms with E-state index in [0.717, 1.165) is 11.3 Å². The number of nitrogens with zero attached hydrogens (tertiary/aromatic N) is 2. The number of guanidine groups is 1. The Kier molecular flexibility index (Phi) is 5.14. The Labute approximate surface area is 130 Å². The smallest absolute Gasteiger partial charge is 0.191 e. The molecule has 0 aliphatic carbocycles. The Hall–Kier alpha value is -2.37. The van der Waals surface area contributed by atoms with E-state index < -0.39 is 0 Å². The molecule has 5 nitrogen and oxygen atoms in total. The van der Waals surface area contributed by atoms with Gasteiger partial charge in [-0.2, -0.15) is 5.10 Å². The molecule has 0 amide bonds. The summed E-state index contributed by atoms with van der Waals surface area (Å²) in [6.45, 7) is 5.38. The van der Waals surface area contributed by atoms with Crippen LogP contribution < -0.4 is 10.6 Å². The largest absolute Gasteiger partial charge is 0.356 e. The van der Waals surface area contributed by atoms with E-state index in [1.165, 1.54) is 6.07 Å². The van der Waals surface area contributed by atoms with E-state index in [1.807, 2.05) is 12.1 Å². The highest BCUT2D eigenvalue weighted by atomic mass is 19.1. The molecule has 0 aliphatic heterocycles. The van der Waals surface area contributed by atoms with Gasteiger partial charge in [-0.25, -0.2) is 4.39 Å². The van der Waals surface area contributed by atoms with Gasteiger partial charge in [0, 0.05) is 25.2 Å². The number of hydrogen-bond donors (Lipinski definition) is 3. The van der Waals surface area contributed by atoms with E-state index >= 15 is 0 Å². The highest BCUT2D eigenvalue weighted by Gasteiger charge is 2.21. The maximum absolute atomic E-state index is 13.4. The van der Waals surface area contributed by atoms with E-state index in [9.17, 15) is 4.39 Å². The standard InChI is InChI=1S/C16H22FN5/c1-16(2,12-5-4-6-13(17)9-12)11-20-15(18-3)19-10-14-7-8-21-22-14/h4-9H,10-11H2,1-3H3,(H,21,22)(H2,18,19,20). The SMILES string of the molecule is CN=C(NCc1ccn[nH]1)NCC(C)(C)c1cccc(F)c1. The second kappa shape index (κ2) is 7.06. The zero-order chi connectivity index (χ0) is 16.0. The van der Waals surface area contributed by atoms with E-state index in [1.54, 1.807) is 25.4 Å². The van der Waals surface area contributed by atoms with Crippen molar-refractivity contribution < 1.29 is 4.39 Å². The zero-order valence-corrected chi connectivity index (χ0v) is 13.2. The fourth-order valence-corrected chi connectivity index (χ4v) is 2.10. The average Bonchev–Trinajstić information content (AvgIpc) is 3.01. The highest BCUT2D eigenvalue weighted by Crippen LogP contribution is 2.22. The fourth-order valence-electron chi connectivity index (χ4n) is 2.10. The maximum atomic E-state index is 13.4. The molecule has 1 aromatic heterocycles. The van der Waals surface area contributed by atoms with Gasteiger partial charge in [0.25, 0.3) is 0 Å². The minimum atomic E-state index is -0.215. The average molecular weight is 303 g/mol. The van der Waals surface area contributed by atoms with Crippen molar-refractivity contribution in [1.82, 2.24) is 20.8 Å². The van der Waals surface area contributed by atoms with Gasteiger partial charge in [-0.1, -0.05) is 26.0 Å². The molecule has 0 spiro atoms. The Bertz CT molecular complexity index is 619. The highest BCUT2D eigenvalue weighted by molar-refractivity contribution is 5.79. The Morgan fingerprint density at radius 1 is 1.32 bits per heavy atom. The Balaban J connectivity index is 1.91. The molecular formula is C16H22FN5. The topological polar surface area (TPSA) is 65.1 Å². The minimum Gasteiger partial charge on any atom is -0.356 e. The molecule has 0 fully saturated rings. The molecule has 1 heterocycles. The summed E-state index contributed by atoms with van der Waals surface area (Å²) in [6, 6.07) is 8.60. The van der Waals surface area contributed by atoms with Crippen molar-refractivity contribution in [1.29, 1.82) is 0 Å². The normalized spacial score (nSPS) is 12.3. The van der Waals surface area contributed by atoms with Crippen LogP contribution in [0.1, 0.15) is 25.1 Å². The van der Waals surface area contributed by atoms with Crippen LogP contribution in [0.5, 0.6) is 0 Å². The Morgan fingerprint density at radius 3 is 2.77 bits per heavy atom. The maximum Gasteiger partial charge on any atom is 0.191 e. The van der Waals surface area contributed by atoms with Crippen LogP contribution >= 0.6 is 0 Å².